The Morgan fingerprint density at radius 2 is 1.55 bits per heavy atom. The molecule has 0 fully saturated rings. The van der Waals surface area contributed by atoms with Crippen LogP contribution in [0.5, 0.6) is 0 Å². The Morgan fingerprint density at radius 1 is 0.857 bits per heavy atom. The molecule has 2 aromatic rings. The summed E-state index contributed by atoms with van der Waals surface area (Å²) in [6, 6.07) is 9.63. The van der Waals surface area contributed by atoms with E-state index in [0.29, 0.717) is 47.5 Å². The van der Waals surface area contributed by atoms with E-state index in [4.69, 9.17) is 10.4 Å². The van der Waals surface area contributed by atoms with Gasteiger partial charge in [-0.3, -0.25) is 18.5 Å². The lowest BCUT2D eigenvalue weighted by atomic mass is 9.75. The van der Waals surface area contributed by atoms with E-state index in [2.05, 4.69) is 9.37 Å². The lowest BCUT2D eigenvalue weighted by Crippen LogP contribution is -2.31. The summed E-state index contributed by atoms with van der Waals surface area (Å²) in [4.78, 5) is 13.3. The van der Waals surface area contributed by atoms with E-state index < -0.39 is 58.7 Å². The normalized spacial score (nSPS) is 19.1. The van der Waals surface area contributed by atoms with Gasteiger partial charge in [0, 0.05) is 58.8 Å². The first-order valence-electron chi connectivity index (χ1n) is 17.6. The lowest BCUT2D eigenvalue weighted by Gasteiger charge is -2.27. The zero-order chi connectivity index (χ0) is 41.5. The molecule has 0 spiro atoms. The molecule has 56 heavy (non-hydrogen) atoms. The number of unbranched alkanes of at least 4 members (excludes halogenated alkanes) is 2. The van der Waals surface area contributed by atoms with Gasteiger partial charge in [-0.1, -0.05) is 50.0 Å². The highest BCUT2D eigenvalue weighted by molar-refractivity contribution is 7.94. The molecule has 2 aromatic carbocycles. The third-order valence-corrected chi connectivity index (χ3v) is 12.9. The number of carbonyl (C=O) groups is 1. The van der Waals surface area contributed by atoms with E-state index >= 15 is 0 Å². The predicted molar refractivity (Wildman–Crippen MR) is 210 cm³/mol. The van der Waals surface area contributed by atoms with Gasteiger partial charge in [0.15, 0.2) is 5.71 Å². The maximum Gasteiger partial charge on any atom is 0.303 e. The SMILES string of the molecule is CC1(CCCCCC(=O)O)C(/C=C/C=C/C=C2\N(CCCS(=O)(=O)O)c3ccc(S(=O)(=O)O)cc3C2(C)C)=[N+](CCCS(=O)(=O)O)c2ccc(SOOO)cc21. The smallest absolute Gasteiger partial charge is 0.303 e. The molecular weight excluding hydrogens is 813 g/mol. The number of allylic oxidation sites excluding steroid dienone is 6. The molecule has 5 N–H and O–H groups in total. The van der Waals surface area contributed by atoms with Crippen molar-refractivity contribution in [3.63, 3.8) is 0 Å². The third-order valence-electron chi connectivity index (χ3n) is 9.90. The van der Waals surface area contributed by atoms with Gasteiger partial charge in [-0.05, 0) is 68.2 Å². The summed E-state index contributed by atoms with van der Waals surface area (Å²) in [5.74, 6) is -1.84. The minimum absolute atomic E-state index is 0.0344. The highest BCUT2D eigenvalue weighted by Crippen LogP contribution is 2.49. The summed E-state index contributed by atoms with van der Waals surface area (Å²) in [6.07, 6.45) is 11.6. The Kier molecular flexibility index (Phi) is 14.9. The van der Waals surface area contributed by atoms with Crippen LogP contribution in [0.3, 0.4) is 0 Å². The number of hydrogen-bond donors (Lipinski definition) is 5. The lowest BCUT2D eigenvalue weighted by molar-refractivity contribution is -0.437. The summed E-state index contributed by atoms with van der Waals surface area (Å²) in [5.41, 5.74) is 2.88. The Labute approximate surface area is 331 Å². The van der Waals surface area contributed by atoms with Crippen LogP contribution in [0.2, 0.25) is 0 Å². The zero-order valence-electron chi connectivity index (χ0n) is 31.1. The molecule has 0 aliphatic carbocycles. The van der Waals surface area contributed by atoms with Gasteiger partial charge in [0.25, 0.3) is 30.4 Å². The second-order valence-corrected chi connectivity index (χ2v) is 19.6. The third kappa shape index (κ3) is 11.6. The monoisotopic (exact) mass is 859 g/mol. The number of carboxylic acid groups (broad SMARTS) is 1. The number of carboxylic acids is 1. The second-order valence-electron chi connectivity index (χ2n) is 14.2. The minimum atomic E-state index is -4.51. The molecule has 308 valence electrons. The van der Waals surface area contributed by atoms with E-state index in [1.165, 1.54) is 12.1 Å². The van der Waals surface area contributed by atoms with Crippen molar-refractivity contribution in [3.8, 4) is 0 Å². The fourth-order valence-corrected chi connectivity index (χ4v) is 9.19. The Hall–Kier alpha value is -3.44. The van der Waals surface area contributed by atoms with Crippen LogP contribution in [0, 0.1) is 0 Å². The van der Waals surface area contributed by atoms with E-state index in [1.807, 2.05) is 48.5 Å². The number of nitrogens with zero attached hydrogens (tertiary/aromatic N) is 2. The quantitative estimate of drug-likeness (QED) is 0.0181. The van der Waals surface area contributed by atoms with Crippen LogP contribution in [0.4, 0.5) is 11.4 Å². The summed E-state index contributed by atoms with van der Waals surface area (Å²) in [7, 11) is -13.0. The molecule has 0 aromatic heterocycles. The van der Waals surface area contributed by atoms with Gasteiger partial charge in [0.05, 0.1) is 33.9 Å². The predicted octanol–water partition coefficient (Wildman–Crippen LogP) is 6.10. The Morgan fingerprint density at radius 3 is 2.20 bits per heavy atom. The van der Waals surface area contributed by atoms with Crippen molar-refractivity contribution in [2.75, 3.05) is 29.5 Å². The number of fused-ring (bicyclic) bond motifs is 2. The molecule has 2 aliphatic heterocycles. The van der Waals surface area contributed by atoms with Crippen molar-refractivity contribution in [1.29, 1.82) is 0 Å². The fraction of sp³-hybridized carbons (Fsp3) is 0.444. The topological polar surface area (TPSA) is 245 Å². The van der Waals surface area contributed by atoms with Gasteiger partial charge < -0.3 is 10.0 Å². The summed E-state index contributed by atoms with van der Waals surface area (Å²) in [6.45, 7) is 6.15. The van der Waals surface area contributed by atoms with E-state index in [-0.39, 0.29) is 37.2 Å². The molecule has 1 unspecified atom stereocenters. The number of aliphatic carboxylic acids is 1. The highest BCUT2D eigenvalue weighted by Gasteiger charge is 2.47. The van der Waals surface area contributed by atoms with Crippen molar-refractivity contribution in [2.45, 2.75) is 86.3 Å². The second kappa shape index (κ2) is 18.4. The summed E-state index contributed by atoms with van der Waals surface area (Å²) < 4.78 is 105. The molecule has 16 nitrogen and oxygen atoms in total. The molecule has 0 bridgehead atoms. The average Bonchev–Trinajstić information content (AvgIpc) is 3.44. The van der Waals surface area contributed by atoms with Crippen LogP contribution in [0.1, 0.15) is 76.8 Å². The van der Waals surface area contributed by atoms with Crippen LogP contribution >= 0.6 is 12.0 Å². The number of rotatable bonds is 21. The molecular formula is C36H47N2O14S4+. The average molecular weight is 860 g/mol. The maximum absolute atomic E-state index is 12.0. The van der Waals surface area contributed by atoms with Gasteiger partial charge >= 0.3 is 5.97 Å². The van der Waals surface area contributed by atoms with Crippen molar-refractivity contribution in [2.24, 2.45) is 0 Å². The molecule has 20 heteroatoms. The van der Waals surface area contributed by atoms with E-state index in [9.17, 15) is 43.7 Å². The first kappa shape index (κ1) is 45.3. The number of benzene rings is 2. The van der Waals surface area contributed by atoms with E-state index in [0.717, 1.165) is 29.0 Å². The maximum atomic E-state index is 12.0. The van der Waals surface area contributed by atoms with Crippen LogP contribution in [0.15, 0.2) is 82.3 Å². The first-order valence-corrected chi connectivity index (χ1v) is 23.0. The van der Waals surface area contributed by atoms with Gasteiger partial charge in [0.2, 0.25) is 5.69 Å². The molecule has 0 saturated carbocycles. The van der Waals surface area contributed by atoms with Crippen molar-refractivity contribution < 1.29 is 68.0 Å². The molecule has 0 radical (unpaired) electrons. The Balaban J connectivity index is 1.74. The largest absolute Gasteiger partial charge is 0.481 e. The zero-order valence-corrected chi connectivity index (χ0v) is 34.3. The molecule has 2 aliphatic rings. The summed E-state index contributed by atoms with van der Waals surface area (Å²) in [5, 5.41) is 21.6. The molecule has 0 saturated heterocycles. The minimum Gasteiger partial charge on any atom is -0.481 e. The number of hydrogen-bond acceptors (Lipinski definition) is 12. The highest BCUT2D eigenvalue weighted by atomic mass is 32.2. The Bertz CT molecular complexity index is 2250. The van der Waals surface area contributed by atoms with Gasteiger partial charge in [-0.25, -0.2) is 5.26 Å². The van der Waals surface area contributed by atoms with Crippen LogP contribution in [-0.2, 0) is 55.4 Å². The first-order chi connectivity index (χ1) is 26.1. The fourth-order valence-electron chi connectivity index (χ4n) is 7.30. The molecule has 0 amide bonds. The molecule has 2 heterocycles. The van der Waals surface area contributed by atoms with Crippen molar-refractivity contribution >= 4 is 65.5 Å². The summed E-state index contributed by atoms with van der Waals surface area (Å²) >= 11 is 0.784. The van der Waals surface area contributed by atoms with Gasteiger partial charge in [-0.15, -0.1) is 4.33 Å². The van der Waals surface area contributed by atoms with Gasteiger partial charge in [0.1, 0.15) is 6.54 Å². The van der Waals surface area contributed by atoms with Crippen LogP contribution in [0.25, 0.3) is 0 Å². The van der Waals surface area contributed by atoms with Crippen molar-refractivity contribution in [3.05, 3.63) is 83.6 Å². The molecule has 1 atom stereocenters. The van der Waals surface area contributed by atoms with Gasteiger partial charge in [-0.2, -0.15) is 29.8 Å². The van der Waals surface area contributed by atoms with Crippen LogP contribution < -0.4 is 4.90 Å². The van der Waals surface area contributed by atoms with Crippen LogP contribution in [-0.4, -0.2) is 90.1 Å². The van der Waals surface area contributed by atoms with E-state index in [1.54, 1.807) is 36.4 Å². The standard InChI is InChI=1S/C36H46N2O14S4/c1-35(2)28-25-27(56(48,49)50)16-18-30(28)37(20-10-22-54(42,43)44)32(35)12-6-4-7-13-33-36(3,19-9-5-8-14-34(39)40)29-24-26(53-52-51-41)15-17-31(29)38(33)21-11-23-55(45,46)47/h4,6-7,12-13,15-18,24-25H,5,8-11,14,19-23H2,1-3H3,(H4-,39,40,41,42,43,44,45,46,47,48,49,50)/p+1. The van der Waals surface area contributed by atoms with Crippen molar-refractivity contribution in [1.82, 2.24) is 0 Å². The number of anilines is 1. The molecule has 4 rings (SSSR count).